The van der Waals surface area contributed by atoms with Gasteiger partial charge in [-0.05, 0) is 66.8 Å². The molecule has 2 N–H and O–H groups in total. The zero-order valence-corrected chi connectivity index (χ0v) is 21.9. The van der Waals surface area contributed by atoms with Crippen LogP contribution in [-0.4, -0.2) is 27.5 Å². The van der Waals surface area contributed by atoms with Crippen LogP contribution in [0.2, 0.25) is 0 Å². The Hall–Kier alpha value is -4.03. The van der Waals surface area contributed by atoms with Crippen molar-refractivity contribution in [3.63, 3.8) is 0 Å². The number of hydrogen-bond donors (Lipinski definition) is 2. The van der Waals surface area contributed by atoms with Gasteiger partial charge in [0.1, 0.15) is 11.6 Å². The summed E-state index contributed by atoms with van der Waals surface area (Å²) in [5, 5.41) is 13.6. The summed E-state index contributed by atoms with van der Waals surface area (Å²) in [6, 6.07) is 25.2. The summed E-state index contributed by atoms with van der Waals surface area (Å²) in [5.41, 5.74) is 5.16. The van der Waals surface area contributed by atoms with Crippen molar-refractivity contribution in [1.29, 1.82) is 0 Å². The number of rotatable bonds is 10. The fourth-order valence-corrected chi connectivity index (χ4v) is 4.92. The summed E-state index contributed by atoms with van der Waals surface area (Å²) in [4.78, 5) is 25.6. The van der Waals surface area contributed by atoms with Gasteiger partial charge < -0.3 is 15.0 Å². The van der Waals surface area contributed by atoms with Gasteiger partial charge in [0.25, 0.3) is 5.91 Å². The Morgan fingerprint density at radius 3 is 2.08 bits per heavy atom. The highest BCUT2D eigenvalue weighted by Gasteiger charge is 2.30. The largest absolute Gasteiger partial charge is 0.393 e. The lowest BCUT2D eigenvalue weighted by Gasteiger charge is -2.19. The standard InChI is InChI=1S/C32H33FN2O3/c1-21(2)30-29(32(38)34-26-12-8-5-9-13-26)28(23-10-6-4-7-11-23)31(24-14-16-25(33)17-15-24)35(30)19-18-27(37)20-22(3)36/h4-17,21,27,37H,18-20H2,1-3H3,(H,34,38). The predicted octanol–water partition coefficient (Wildman–Crippen LogP) is 7.07. The first kappa shape index (κ1) is 27.0. The number of benzene rings is 3. The number of nitrogens with one attached hydrogen (secondary N) is 1. The molecule has 1 unspecified atom stereocenters. The van der Waals surface area contributed by atoms with Gasteiger partial charge in [0, 0.05) is 29.9 Å². The molecule has 0 saturated heterocycles. The molecule has 5 nitrogen and oxygen atoms in total. The number of aromatic nitrogens is 1. The van der Waals surface area contributed by atoms with E-state index in [1.54, 1.807) is 12.1 Å². The molecular formula is C32H33FN2O3. The van der Waals surface area contributed by atoms with Crippen LogP contribution in [0.1, 0.15) is 55.6 Å². The fraction of sp³-hybridized carbons (Fsp3) is 0.250. The van der Waals surface area contributed by atoms with Crippen LogP contribution in [0.3, 0.4) is 0 Å². The maximum atomic E-state index is 14.0. The smallest absolute Gasteiger partial charge is 0.258 e. The van der Waals surface area contributed by atoms with Gasteiger partial charge in [0.2, 0.25) is 0 Å². The molecule has 3 aromatic carbocycles. The van der Waals surface area contributed by atoms with E-state index in [-0.39, 0.29) is 29.8 Å². The number of amides is 1. The van der Waals surface area contributed by atoms with E-state index in [0.717, 1.165) is 28.1 Å². The van der Waals surface area contributed by atoms with E-state index in [1.165, 1.54) is 19.1 Å². The lowest BCUT2D eigenvalue weighted by Crippen LogP contribution is -2.18. The predicted molar refractivity (Wildman–Crippen MR) is 150 cm³/mol. The molecule has 1 atom stereocenters. The molecule has 0 bridgehead atoms. The van der Waals surface area contributed by atoms with Crippen molar-refractivity contribution in [2.45, 2.75) is 52.2 Å². The molecule has 0 spiro atoms. The molecule has 1 aromatic heterocycles. The number of aliphatic hydroxyl groups excluding tert-OH is 1. The second kappa shape index (κ2) is 12.0. The second-order valence-corrected chi connectivity index (χ2v) is 9.83. The molecule has 6 heteroatoms. The van der Waals surface area contributed by atoms with E-state index in [0.29, 0.717) is 24.2 Å². The number of para-hydroxylation sites is 1. The Bertz CT molecular complexity index is 1390. The summed E-state index contributed by atoms with van der Waals surface area (Å²) in [6.45, 7) is 5.90. The monoisotopic (exact) mass is 512 g/mol. The number of carbonyl (C=O) groups is 2. The molecule has 1 amide bonds. The van der Waals surface area contributed by atoms with Gasteiger partial charge in [-0.2, -0.15) is 0 Å². The normalized spacial score (nSPS) is 11.9. The average molecular weight is 513 g/mol. The number of anilines is 1. The van der Waals surface area contributed by atoms with Crippen LogP contribution in [0.25, 0.3) is 22.4 Å². The molecule has 0 aliphatic carbocycles. The topological polar surface area (TPSA) is 71.3 Å². The number of aliphatic hydroxyl groups is 1. The highest BCUT2D eigenvalue weighted by Crippen LogP contribution is 2.42. The van der Waals surface area contributed by atoms with Crippen LogP contribution in [0, 0.1) is 5.82 Å². The zero-order chi connectivity index (χ0) is 27.2. The zero-order valence-electron chi connectivity index (χ0n) is 21.9. The summed E-state index contributed by atoms with van der Waals surface area (Å²) >= 11 is 0. The van der Waals surface area contributed by atoms with E-state index in [9.17, 15) is 19.1 Å². The van der Waals surface area contributed by atoms with Crippen molar-refractivity contribution in [2.24, 2.45) is 0 Å². The van der Waals surface area contributed by atoms with Crippen molar-refractivity contribution < 1.29 is 19.1 Å². The van der Waals surface area contributed by atoms with Crippen LogP contribution in [0.5, 0.6) is 0 Å². The maximum absolute atomic E-state index is 14.0. The van der Waals surface area contributed by atoms with Crippen molar-refractivity contribution in [3.05, 3.63) is 102 Å². The first-order valence-corrected chi connectivity index (χ1v) is 12.9. The van der Waals surface area contributed by atoms with Crippen LogP contribution >= 0.6 is 0 Å². The summed E-state index contributed by atoms with van der Waals surface area (Å²) in [5.74, 6) is -0.727. The third kappa shape index (κ3) is 6.09. The van der Waals surface area contributed by atoms with Gasteiger partial charge in [0.15, 0.2) is 0 Å². The lowest BCUT2D eigenvalue weighted by molar-refractivity contribution is -0.118. The van der Waals surface area contributed by atoms with Gasteiger partial charge >= 0.3 is 0 Å². The molecule has 0 saturated carbocycles. The van der Waals surface area contributed by atoms with E-state index >= 15 is 0 Å². The van der Waals surface area contributed by atoms with Crippen molar-refractivity contribution in [2.75, 3.05) is 5.32 Å². The molecule has 196 valence electrons. The fourth-order valence-electron chi connectivity index (χ4n) is 4.92. The van der Waals surface area contributed by atoms with Crippen LogP contribution < -0.4 is 5.32 Å². The van der Waals surface area contributed by atoms with Gasteiger partial charge in [-0.1, -0.05) is 62.4 Å². The average Bonchev–Trinajstić information content (AvgIpc) is 3.24. The van der Waals surface area contributed by atoms with Crippen LogP contribution in [0.4, 0.5) is 10.1 Å². The number of carbonyl (C=O) groups excluding carboxylic acids is 2. The number of Topliss-reactive ketones (excluding diaryl/α,β-unsaturated/α-hetero) is 1. The molecule has 0 radical (unpaired) electrons. The molecule has 1 heterocycles. The van der Waals surface area contributed by atoms with Gasteiger partial charge in [-0.15, -0.1) is 0 Å². The number of halogens is 1. The second-order valence-electron chi connectivity index (χ2n) is 9.83. The number of ketones is 1. The van der Waals surface area contributed by atoms with E-state index < -0.39 is 6.10 Å². The lowest BCUT2D eigenvalue weighted by atomic mass is 9.94. The Balaban J connectivity index is 1.98. The molecule has 4 rings (SSSR count). The number of hydrogen-bond acceptors (Lipinski definition) is 3. The first-order chi connectivity index (χ1) is 18.3. The quantitative estimate of drug-likeness (QED) is 0.239. The van der Waals surface area contributed by atoms with Crippen LogP contribution in [0.15, 0.2) is 84.9 Å². The van der Waals surface area contributed by atoms with Crippen molar-refractivity contribution >= 4 is 17.4 Å². The van der Waals surface area contributed by atoms with Gasteiger partial charge in [0.05, 0.1) is 17.4 Å². The Kier molecular flexibility index (Phi) is 8.54. The summed E-state index contributed by atoms with van der Waals surface area (Å²) in [7, 11) is 0. The Morgan fingerprint density at radius 1 is 0.895 bits per heavy atom. The number of nitrogens with zero attached hydrogens (tertiary/aromatic N) is 1. The molecule has 0 aliphatic rings. The summed E-state index contributed by atoms with van der Waals surface area (Å²) < 4.78 is 16.0. The molecule has 0 aliphatic heterocycles. The third-order valence-corrected chi connectivity index (χ3v) is 6.50. The van der Waals surface area contributed by atoms with E-state index in [4.69, 9.17) is 0 Å². The molecule has 38 heavy (non-hydrogen) atoms. The SMILES string of the molecule is CC(=O)CC(O)CCn1c(-c2ccc(F)cc2)c(-c2ccccc2)c(C(=O)Nc2ccccc2)c1C(C)C. The highest BCUT2D eigenvalue weighted by molar-refractivity contribution is 6.12. The van der Waals surface area contributed by atoms with Crippen molar-refractivity contribution in [1.82, 2.24) is 4.57 Å². The first-order valence-electron chi connectivity index (χ1n) is 12.9. The van der Waals surface area contributed by atoms with Gasteiger partial charge in [-0.3, -0.25) is 9.59 Å². The minimum atomic E-state index is -0.808. The minimum absolute atomic E-state index is 0.0480. The van der Waals surface area contributed by atoms with Gasteiger partial charge in [-0.25, -0.2) is 4.39 Å². The highest BCUT2D eigenvalue weighted by atomic mass is 19.1. The third-order valence-electron chi connectivity index (χ3n) is 6.50. The van der Waals surface area contributed by atoms with Crippen molar-refractivity contribution in [3.8, 4) is 22.4 Å². The molecule has 4 aromatic rings. The molecule has 0 fully saturated rings. The summed E-state index contributed by atoms with van der Waals surface area (Å²) in [6.07, 6.45) is -0.412. The Labute approximate surface area is 223 Å². The van der Waals surface area contributed by atoms with E-state index in [1.807, 2.05) is 74.5 Å². The van der Waals surface area contributed by atoms with E-state index in [2.05, 4.69) is 9.88 Å². The maximum Gasteiger partial charge on any atom is 0.258 e. The minimum Gasteiger partial charge on any atom is -0.393 e. The molecular weight excluding hydrogens is 479 g/mol. The Morgan fingerprint density at radius 2 is 1.50 bits per heavy atom. The van der Waals surface area contributed by atoms with Crippen LogP contribution in [-0.2, 0) is 11.3 Å².